The lowest BCUT2D eigenvalue weighted by Gasteiger charge is -2.33. The van der Waals surface area contributed by atoms with Crippen LogP contribution in [0.2, 0.25) is 0 Å². The lowest BCUT2D eigenvalue weighted by molar-refractivity contribution is -0.127. The number of amides is 1. The standard InChI is InChI=1S/C16H27N7O.HI/c1-4-17-15(20-12-14(24)22(2)3)21-13-6-10-23(11-7-13)16-18-8-5-9-19-16;/h5,8-9,13H,4,6-7,10-12H2,1-3H3,(H2,17,20,21);1H. The number of anilines is 1. The van der Waals surface area contributed by atoms with Gasteiger partial charge in [-0.1, -0.05) is 0 Å². The van der Waals surface area contributed by atoms with Crippen LogP contribution in [0.25, 0.3) is 0 Å². The molecule has 1 fully saturated rings. The fourth-order valence-corrected chi connectivity index (χ4v) is 2.48. The van der Waals surface area contributed by atoms with Crippen LogP contribution in [0, 0.1) is 0 Å². The Labute approximate surface area is 166 Å². The molecule has 0 unspecified atom stereocenters. The monoisotopic (exact) mass is 461 g/mol. The number of carbonyl (C=O) groups excluding carboxylic acids is 1. The summed E-state index contributed by atoms with van der Waals surface area (Å²) in [5.41, 5.74) is 0. The molecular formula is C16H28IN7O. The summed E-state index contributed by atoms with van der Waals surface area (Å²) < 4.78 is 0. The molecule has 2 N–H and O–H groups in total. The number of halogens is 1. The predicted octanol–water partition coefficient (Wildman–Crippen LogP) is 0.707. The molecule has 1 aliphatic heterocycles. The zero-order valence-electron chi connectivity index (χ0n) is 15.1. The fourth-order valence-electron chi connectivity index (χ4n) is 2.48. The molecule has 25 heavy (non-hydrogen) atoms. The summed E-state index contributed by atoms with van der Waals surface area (Å²) >= 11 is 0. The second-order valence-corrected chi connectivity index (χ2v) is 5.94. The molecule has 140 valence electrons. The first-order valence-corrected chi connectivity index (χ1v) is 8.37. The largest absolute Gasteiger partial charge is 0.357 e. The maximum Gasteiger partial charge on any atom is 0.243 e. The van der Waals surface area contributed by atoms with Gasteiger partial charge >= 0.3 is 0 Å². The molecular weight excluding hydrogens is 433 g/mol. The zero-order valence-corrected chi connectivity index (χ0v) is 17.4. The summed E-state index contributed by atoms with van der Waals surface area (Å²) in [4.78, 5) is 28.4. The molecule has 0 bridgehead atoms. The first kappa shape index (κ1) is 21.4. The van der Waals surface area contributed by atoms with Crippen molar-refractivity contribution >= 4 is 41.8 Å². The molecule has 2 heterocycles. The van der Waals surface area contributed by atoms with Gasteiger partial charge in [0.05, 0.1) is 0 Å². The molecule has 0 spiro atoms. The van der Waals surface area contributed by atoms with Gasteiger partial charge in [0.15, 0.2) is 5.96 Å². The summed E-state index contributed by atoms with van der Waals surface area (Å²) in [5, 5.41) is 6.62. The van der Waals surface area contributed by atoms with Crippen LogP contribution in [0.1, 0.15) is 19.8 Å². The Morgan fingerprint density at radius 3 is 2.52 bits per heavy atom. The van der Waals surface area contributed by atoms with E-state index < -0.39 is 0 Å². The summed E-state index contributed by atoms with van der Waals surface area (Å²) in [7, 11) is 3.47. The van der Waals surface area contributed by atoms with Crippen molar-refractivity contribution in [2.75, 3.05) is 45.2 Å². The highest BCUT2D eigenvalue weighted by Crippen LogP contribution is 2.15. The molecule has 0 aliphatic carbocycles. The SMILES string of the molecule is CCNC(=NCC(=O)N(C)C)NC1CCN(c2ncccn2)CC1.I. The Morgan fingerprint density at radius 2 is 1.96 bits per heavy atom. The Balaban J connectivity index is 0.00000312. The Morgan fingerprint density at radius 1 is 1.32 bits per heavy atom. The summed E-state index contributed by atoms with van der Waals surface area (Å²) in [6, 6.07) is 2.16. The van der Waals surface area contributed by atoms with Crippen molar-refractivity contribution in [1.82, 2.24) is 25.5 Å². The van der Waals surface area contributed by atoms with Gasteiger partial charge in [0.25, 0.3) is 0 Å². The third-order valence-corrected chi connectivity index (χ3v) is 3.89. The second kappa shape index (κ2) is 11.1. The van der Waals surface area contributed by atoms with Gasteiger partial charge in [-0.2, -0.15) is 0 Å². The van der Waals surface area contributed by atoms with Crippen molar-refractivity contribution in [2.24, 2.45) is 4.99 Å². The zero-order chi connectivity index (χ0) is 17.4. The third-order valence-electron chi connectivity index (χ3n) is 3.89. The van der Waals surface area contributed by atoms with E-state index in [-0.39, 0.29) is 36.4 Å². The van der Waals surface area contributed by atoms with Gasteiger partial charge in [0.2, 0.25) is 11.9 Å². The summed E-state index contributed by atoms with van der Waals surface area (Å²) in [5.74, 6) is 1.47. The first-order chi connectivity index (χ1) is 11.6. The molecule has 0 aromatic carbocycles. The van der Waals surface area contributed by atoms with Crippen molar-refractivity contribution in [3.8, 4) is 0 Å². The van der Waals surface area contributed by atoms with Crippen molar-refractivity contribution in [3.63, 3.8) is 0 Å². The number of guanidine groups is 1. The Hall–Kier alpha value is -1.65. The number of carbonyl (C=O) groups is 1. The van der Waals surface area contributed by atoms with Crippen LogP contribution in [-0.2, 0) is 4.79 Å². The number of hydrogen-bond acceptors (Lipinski definition) is 5. The number of rotatable bonds is 5. The van der Waals surface area contributed by atoms with Gasteiger partial charge in [0.1, 0.15) is 6.54 Å². The van der Waals surface area contributed by atoms with E-state index in [0.29, 0.717) is 12.0 Å². The number of nitrogens with one attached hydrogen (secondary N) is 2. The molecule has 1 amide bonds. The van der Waals surface area contributed by atoms with Crippen LogP contribution in [0.4, 0.5) is 5.95 Å². The normalized spacial score (nSPS) is 15.3. The molecule has 1 aromatic heterocycles. The van der Waals surface area contributed by atoms with E-state index in [4.69, 9.17) is 0 Å². The minimum atomic E-state index is -0.0109. The van der Waals surface area contributed by atoms with Crippen LogP contribution in [0.5, 0.6) is 0 Å². The number of hydrogen-bond donors (Lipinski definition) is 2. The average molecular weight is 461 g/mol. The summed E-state index contributed by atoms with van der Waals surface area (Å²) in [6.07, 6.45) is 5.49. The maximum absolute atomic E-state index is 11.7. The van der Waals surface area contributed by atoms with Gasteiger partial charge in [-0.25, -0.2) is 15.0 Å². The van der Waals surface area contributed by atoms with Gasteiger partial charge in [-0.3, -0.25) is 4.79 Å². The highest BCUT2D eigenvalue weighted by molar-refractivity contribution is 14.0. The highest BCUT2D eigenvalue weighted by Gasteiger charge is 2.21. The van der Waals surface area contributed by atoms with Crippen molar-refractivity contribution in [3.05, 3.63) is 18.5 Å². The molecule has 2 rings (SSSR count). The Bertz CT molecular complexity index is 545. The smallest absolute Gasteiger partial charge is 0.243 e. The minimum absolute atomic E-state index is 0. The van der Waals surface area contributed by atoms with Crippen molar-refractivity contribution < 1.29 is 4.79 Å². The van der Waals surface area contributed by atoms with Gasteiger partial charge in [0, 0.05) is 52.2 Å². The molecule has 0 radical (unpaired) electrons. The van der Waals surface area contributed by atoms with E-state index >= 15 is 0 Å². The van der Waals surface area contributed by atoms with E-state index in [1.807, 2.05) is 13.0 Å². The highest BCUT2D eigenvalue weighted by atomic mass is 127. The quantitative estimate of drug-likeness (QED) is 0.382. The average Bonchev–Trinajstić information content (AvgIpc) is 2.61. The molecule has 8 nitrogen and oxygen atoms in total. The van der Waals surface area contributed by atoms with E-state index in [0.717, 1.165) is 38.4 Å². The minimum Gasteiger partial charge on any atom is -0.357 e. The van der Waals surface area contributed by atoms with Crippen LogP contribution >= 0.6 is 24.0 Å². The number of piperidine rings is 1. The van der Waals surface area contributed by atoms with E-state index in [1.54, 1.807) is 31.4 Å². The molecule has 1 aromatic rings. The number of aliphatic imine (C=N–C) groups is 1. The number of aromatic nitrogens is 2. The number of likely N-dealkylation sites (N-methyl/N-ethyl adjacent to an activating group) is 1. The van der Waals surface area contributed by atoms with Crippen LogP contribution < -0.4 is 15.5 Å². The van der Waals surface area contributed by atoms with Crippen LogP contribution in [-0.4, -0.2) is 73.1 Å². The molecule has 1 saturated heterocycles. The van der Waals surface area contributed by atoms with Gasteiger partial charge in [-0.15, -0.1) is 24.0 Å². The topological polar surface area (TPSA) is 85.8 Å². The third kappa shape index (κ3) is 7.00. The number of nitrogens with zero attached hydrogens (tertiary/aromatic N) is 5. The Kier molecular flexibility index (Phi) is 9.46. The predicted molar refractivity (Wildman–Crippen MR) is 110 cm³/mol. The van der Waals surface area contributed by atoms with Crippen LogP contribution in [0.15, 0.2) is 23.5 Å². The lowest BCUT2D eigenvalue weighted by Crippen LogP contribution is -2.49. The maximum atomic E-state index is 11.7. The molecule has 0 saturated carbocycles. The molecule has 0 atom stereocenters. The van der Waals surface area contributed by atoms with Crippen LogP contribution in [0.3, 0.4) is 0 Å². The molecule has 1 aliphatic rings. The molecule has 9 heteroatoms. The first-order valence-electron chi connectivity index (χ1n) is 8.37. The summed E-state index contributed by atoms with van der Waals surface area (Å²) in [6.45, 7) is 4.73. The second-order valence-electron chi connectivity index (χ2n) is 5.94. The van der Waals surface area contributed by atoms with Gasteiger partial charge < -0.3 is 20.4 Å². The van der Waals surface area contributed by atoms with E-state index in [1.165, 1.54) is 0 Å². The van der Waals surface area contributed by atoms with Gasteiger partial charge in [-0.05, 0) is 25.8 Å². The fraction of sp³-hybridized carbons (Fsp3) is 0.625. The van der Waals surface area contributed by atoms with E-state index in [2.05, 4.69) is 30.5 Å². The van der Waals surface area contributed by atoms with E-state index in [9.17, 15) is 4.79 Å². The van der Waals surface area contributed by atoms with Crippen molar-refractivity contribution in [2.45, 2.75) is 25.8 Å². The lowest BCUT2D eigenvalue weighted by atomic mass is 10.1. The van der Waals surface area contributed by atoms with Crippen molar-refractivity contribution in [1.29, 1.82) is 0 Å².